The maximum Gasteiger partial charge on any atom is 0.259 e. The summed E-state index contributed by atoms with van der Waals surface area (Å²) in [5, 5.41) is 3.04. The second kappa shape index (κ2) is 3.06. The Kier molecular flexibility index (Phi) is 2.63. The summed E-state index contributed by atoms with van der Waals surface area (Å²) in [7, 11) is 0. The maximum absolute atomic E-state index is 13.4. The molecule has 0 amide bonds. The molecule has 2 atom stereocenters. The fourth-order valence-electron chi connectivity index (χ4n) is 2.86. The highest BCUT2D eigenvalue weighted by Gasteiger charge is 2.80. The molecule has 1 saturated carbocycles. The van der Waals surface area contributed by atoms with E-state index in [9.17, 15) is 8.78 Å². The van der Waals surface area contributed by atoms with E-state index in [2.05, 4.69) is 5.32 Å². The number of hydrogen-bond donors (Lipinski definition) is 1. The number of rotatable bonds is 1. The lowest BCUT2D eigenvalue weighted by Gasteiger charge is -2.05. The third kappa shape index (κ3) is 1.20. The number of halogens is 3. The van der Waals surface area contributed by atoms with Crippen LogP contribution in [0.15, 0.2) is 0 Å². The van der Waals surface area contributed by atoms with Gasteiger partial charge >= 0.3 is 0 Å². The zero-order valence-electron chi connectivity index (χ0n) is 7.94. The van der Waals surface area contributed by atoms with Crippen LogP contribution >= 0.6 is 12.4 Å². The summed E-state index contributed by atoms with van der Waals surface area (Å²) in [6, 6.07) is 0. The molecule has 78 valence electrons. The Labute approximate surface area is 83.7 Å². The van der Waals surface area contributed by atoms with Crippen molar-refractivity contribution in [2.45, 2.75) is 26.2 Å². The molecule has 1 spiro atoms. The van der Waals surface area contributed by atoms with Crippen molar-refractivity contribution in [1.82, 2.24) is 5.32 Å². The van der Waals surface area contributed by atoms with E-state index in [1.165, 1.54) is 0 Å². The Hall–Kier alpha value is 0.110. The molecule has 0 bridgehead atoms. The summed E-state index contributed by atoms with van der Waals surface area (Å²) in [4.78, 5) is 0. The lowest BCUT2D eigenvalue weighted by molar-refractivity contribution is 0.0581. The number of alkyl halides is 2. The molecule has 1 N–H and O–H groups in total. The van der Waals surface area contributed by atoms with Crippen molar-refractivity contribution in [2.24, 2.45) is 17.3 Å². The summed E-state index contributed by atoms with van der Waals surface area (Å²) in [5.74, 6) is -2.66. The first-order chi connectivity index (χ1) is 5.52. The van der Waals surface area contributed by atoms with Crippen molar-refractivity contribution in [3.8, 4) is 0 Å². The van der Waals surface area contributed by atoms with Crippen LogP contribution in [0.2, 0.25) is 0 Å². The van der Waals surface area contributed by atoms with E-state index in [1.54, 1.807) is 0 Å². The largest absolute Gasteiger partial charge is 0.316 e. The Bertz CT molecular complexity index is 200. The molecule has 2 unspecified atom stereocenters. The van der Waals surface area contributed by atoms with Crippen molar-refractivity contribution >= 4 is 12.4 Å². The van der Waals surface area contributed by atoms with Gasteiger partial charge in [-0.15, -0.1) is 12.4 Å². The number of nitrogens with one attached hydrogen (secondary N) is 1. The average molecular weight is 212 g/mol. The van der Waals surface area contributed by atoms with Crippen LogP contribution < -0.4 is 5.32 Å². The van der Waals surface area contributed by atoms with E-state index in [0.717, 1.165) is 6.54 Å². The highest BCUT2D eigenvalue weighted by molar-refractivity contribution is 5.85. The fourth-order valence-corrected chi connectivity index (χ4v) is 2.86. The van der Waals surface area contributed by atoms with Gasteiger partial charge in [-0.1, -0.05) is 13.8 Å². The molecule has 0 radical (unpaired) electrons. The summed E-state index contributed by atoms with van der Waals surface area (Å²) in [5.41, 5.74) is -0.666. The molecule has 2 aliphatic rings. The van der Waals surface area contributed by atoms with Crippen LogP contribution in [0.3, 0.4) is 0 Å². The Morgan fingerprint density at radius 1 is 1.38 bits per heavy atom. The Morgan fingerprint density at radius 2 is 2.00 bits per heavy atom. The Balaban J connectivity index is 0.000000845. The average Bonchev–Trinajstić information content (AvgIpc) is 2.32. The van der Waals surface area contributed by atoms with Crippen molar-refractivity contribution in [1.29, 1.82) is 0 Å². The first-order valence-corrected chi connectivity index (χ1v) is 4.61. The van der Waals surface area contributed by atoms with Gasteiger partial charge in [-0.2, -0.15) is 0 Å². The fraction of sp³-hybridized carbons (Fsp3) is 1.00. The van der Waals surface area contributed by atoms with Gasteiger partial charge in [-0.3, -0.25) is 0 Å². The van der Waals surface area contributed by atoms with Crippen LogP contribution in [-0.4, -0.2) is 19.0 Å². The summed E-state index contributed by atoms with van der Waals surface area (Å²) in [6.45, 7) is 5.07. The molecule has 0 aromatic heterocycles. The molecule has 13 heavy (non-hydrogen) atoms. The summed E-state index contributed by atoms with van der Waals surface area (Å²) in [6.07, 6.45) is 0.656. The predicted octanol–water partition coefficient (Wildman–Crippen LogP) is 2.31. The number of hydrogen-bond acceptors (Lipinski definition) is 1. The van der Waals surface area contributed by atoms with Gasteiger partial charge in [0.1, 0.15) is 0 Å². The van der Waals surface area contributed by atoms with E-state index in [4.69, 9.17) is 0 Å². The van der Waals surface area contributed by atoms with Crippen LogP contribution in [0.25, 0.3) is 0 Å². The molecule has 0 aromatic carbocycles. The quantitative estimate of drug-likeness (QED) is 0.702. The van der Waals surface area contributed by atoms with Crippen molar-refractivity contribution in [3.63, 3.8) is 0 Å². The second-order valence-electron chi connectivity index (χ2n) is 4.43. The lowest BCUT2D eigenvalue weighted by Crippen LogP contribution is -2.15. The SMILES string of the molecule is CC(C)C1C(F)(F)C12CCNC2.Cl. The van der Waals surface area contributed by atoms with Crippen LogP contribution in [-0.2, 0) is 0 Å². The van der Waals surface area contributed by atoms with E-state index in [1.807, 2.05) is 13.8 Å². The van der Waals surface area contributed by atoms with E-state index in [0.29, 0.717) is 13.0 Å². The van der Waals surface area contributed by atoms with Gasteiger partial charge in [0.25, 0.3) is 5.92 Å². The minimum atomic E-state index is -2.40. The predicted molar refractivity (Wildman–Crippen MR) is 50.4 cm³/mol. The molecule has 1 saturated heterocycles. The monoisotopic (exact) mass is 211 g/mol. The zero-order valence-corrected chi connectivity index (χ0v) is 8.76. The molecule has 1 heterocycles. The van der Waals surface area contributed by atoms with Gasteiger partial charge in [0.2, 0.25) is 0 Å². The van der Waals surface area contributed by atoms with Crippen LogP contribution in [0.5, 0.6) is 0 Å². The lowest BCUT2D eigenvalue weighted by atomic mass is 9.96. The van der Waals surface area contributed by atoms with Crippen LogP contribution in [0, 0.1) is 17.3 Å². The van der Waals surface area contributed by atoms with E-state index < -0.39 is 11.3 Å². The smallest absolute Gasteiger partial charge is 0.259 e. The first-order valence-electron chi connectivity index (χ1n) is 4.61. The standard InChI is InChI=1S/C9H15F2N.ClH/c1-6(2)7-8(9(7,10)11)3-4-12-5-8;/h6-7,12H,3-5H2,1-2H3;1H. The minimum absolute atomic E-state index is 0. The normalized spacial score (nSPS) is 40.8. The van der Waals surface area contributed by atoms with Crippen molar-refractivity contribution in [3.05, 3.63) is 0 Å². The van der Waals surface area contributed by atoms with E-state index in [-0.39, 0.29) is 24.2 Å². The molecule has 1 nitrogen and oxygen atoms in total. The molecule has 0 aromatic rings. The second-order valence-corrected chi connectivity index (χ2v) is 4.43. The molecule has 2 fully saturated rings. The summed E-state index contributed by atoms with van der Waals surface area (Å²) >= 11 is 0. The third-order valence-corrected chi connectivity index (χ3v) is 3.42. The van der Waals surface area contributed by atoms with Gasteiger partial charge in [-0.25, -0.2) is 8.78 Å². The van der Waals surface area contributed by atoms with Gasteiger partial charge in [0, 0.05) is 12.5 Å². The van der Waals surface area contributed by atoms with Crippen molar-refractivity contribution in [2.75, 3.05) is 13.1 Å². The van der Waals surface area contributed by atoms with Crippen LogP contribution in [0.4, 0.5) is 8.78 Å². The molecule has 1 aliphatic carbocycles. The van der Waals surface area contributed by atoms with E-state index >= 15 is 0 Å². The van der Waals surface area contributed by atoms with Gasteiger partial charge in [0.15, 0.2) is 0 Å². The van der Waals surface area contributed by atoms with Gasteiger partial charge < -0.3 is 5.32 Å². The highest BCUT2D eigenvalue weighted by Crippen LogP contribution is 2.71. The van der Waals surface area contributed by atoms with Gasteiger partial charge in [-0.05, 0) is 18.9 Å². The molecular weight excluding hydrogens is 196 g/mol. The molecule has 2 rings (SSSR count). The minimum Gasteiger partial charge on any atom is -0.316 e. The first kappa shape index (κ1) is 11.2. The van der Waals surface area contributed by atoms with Gasteiger partial charge in [0.05, 0.1) is 5.41 Å². The highest BCUT2D eigenvalue weighted by atomic mass is 35.5. The topological polar surface area (TPSA) is 12.0 Å². The Morgan fingerprint density at radius 3 is 2.31 bits per heavy atom. The maximum atomic E-state index is 13.4. The summed E-state index contributed by atoms with van der Waals surface area (Å²) < 4.78 is 26.7. The zero-order chi connectivity index (χ0) is 8.98. The van der Waals surface area contributed by atoms with Crippen molar-refractivity contribution < 1.29 is 8.78 Å². The molecular formula is C9H16ClF2N. The van der Waals surface area contributed by atoms with Crippen LogP contribution in [0.1, 0.15) is 20.3 Å². The molecule has 4 heteroatoms. The third-order valence-electron chi connectivity index (χ3n) is 3.42. The molecule has 1 aliphatic heterocycles.